The first-order valence-electron chi connectivity index (χ1n) is 3.05. The summed E-state index contributed by atoms with van der Waals surface area (Å²) in [4.78, 5) is 10.7. The smallest absolute Gasteiger partial charge is 0.335 e. The summed E-state index contributed by atoms with van der Waals surface area (Å²) < 4.78 is 4.51. The molecule has 0 aromatic heterocycles. The number of ether oxygens (including phenoxy) is 1. The SMILES string of the molecule is C=C(CO)C(=O)OCCC#N. The molecule has 0 aromatic carbocycles. The van der Waals surface area contributed by atoms with Crippen molar-refractivity contribution in [2.75, 3.05) is 13.2 Å². The molecule has 0 aromatic rings. The topological polar surface area (TPSA) is 70.3 Å². The average Bonchev–Trinajstić information content (AvgIpc) is 2.03. The Morgan fingerprint density at radius 2 is 2.36 bits per heavy atom. The highest BCUT2D eigenvalue weighted by molar-refractivity contribution is 5.87. The maximum absolute atomic E-state index is 10.7. The Kier molecular flexibility index (Phi) is 4.78. The van der Waals surface area contributed by atoms with Gasteiger partial charge in [0.1, 0.15) is 6.61 Å². The number of rotatable bonds is 4. The van der Waals surface area contributed by atoms with Gasteiger partial charge in [-0.1, -0.05) is 6.58 Å². The van der Waals surface area contributed by atoms with E-state index < -0.39 is 12.6 Å². The first kappa shape index (κ1) is 9.66. The highest BCUT2D eigenvalue weighted by Gasteiger charge is 2.05. The molecule has 0 unspecified atom stereocenters. The Bertz CT molecular complexity index is 192. The lowest BCUT2D eigenvalue weighted by Gasteiger charge is -2.00. The molecule has 0 spiro atoms. The van der Waals surface area contributed by atoms with Crippen LogP contribution in [0.3, 0.4) is 0 Å². The second kappa shape index (κ2) is 5.45. The zero-order chi connectivity index (χ0) is 8.69. The minimum atomic E-state index is -0.650. The molecule has 0 aliphatic rings. The molecular formula is C7H9NO3. The van der Waals surface area contributed by atoms with Gasteiger partial charge in [0.05, 0.1) is 24.7 Å². The molecule has 60 valence electrons. The molecule has 0 amide bonds. The molecule has 0 heterocycles. The largest absolute Gasteiger partial charge is 0.461 e. The molecule has 0 bridgehead atoms. The molecule has 0 radical (unpaired) electrons. The molecule has 1 N–H and O–H groups in total. The number of nitrogens with zero attached hydrogens (tertiary/aromatic N) is 1. The van der Waals surface area contributed by atoms with Crippen LogP contribution in [-0.4, -0.2) is 24.3 Å². The van der Waals surface area contributed by atoms with Crippen LogP contribution in [-0.2, 0) is 9.53 Å². The van der Waals surface area contributed by atoms with Gasteiger partial charge in [0.2, 0.25) is 0 Å². The number of esters is 1. The minimum Gasteiger partial charge on any atom is -0.461 e. The summed E-state index contributed by atoms with van der Waals surface area (Å²) in [5.41, 5.74) is 0.00272. The van der Waals surface area contributed by atoms with Gasteiger partial charge < -0.3 is 9.84 Å². The first-order chi connectivity index (χ1) is 5.22. The van der Waals surface area contributed by atoms with E-state index >= 15 is 0 Å². The van der Waals surface area contributed by atoms with Crippen molar-refractivity contribution in [1.29, 1.82) is 5.26 Å². The second-order valence-corrected chi connectivity index (χ2v) is 1.81. The molecule has 0 fully saturated rings. The third kappa shape index (κ3) is 4.12. The van der Waals surface area contributed by atoms with E-state index in [9.17, 15) is 4.79 Å². The van der Waals surface area contributed by atoms with Gasteiger partial charge in [0, 0.05) is 0 Å². The van der Waals surface area contributed by atoms with Crippen molar-refractivity contribution >= 4 is 5.97 Å². The number of aliphatic hydroxyl groups excluding tert-OH is 1. The van der Waals surface area contributed by atoms with E-state index in [-0.39, 0.29) is 18.6 Å². The van der Waals surface area contributed by atoms with Crippen molar-refractivity contribution in [3.63, 3.8) is 0 Å². The summed E-state index contributed by atoms with van der Waals surface area (Å²) in [6.45, 7) is 2.88. The molecule has 0 atom stereocenters. The monoisotopic (exact) mass is 155 g/mol. The summed E-state index contributed by atoms with van der Waals surface area (Å²) >= 11 is 0. The van der Waals surface area contributed by atoms with Gasteiger partial charge >= 0.3 is 5.97 Å². The van der Waals surface area contributed by atoms with Gasteiger partial charge in [-0.3, -0.25) is 0 Å². The molecular weight excluding hydrogens is 146 g/mol. The maximum atomic E-state index is 10.7. The summed E-state index contributed by atoms with van der Waals surface area (Å²) in [6.07, 6.45) is 0.157. The Balaban J connectivity index is 3.54. The zero-order valence-electron chi connectivity index (χ0n) is 6.04. The summed E-state index contributed by atoms with van der Waals surface area (Å²) in [6, 6.07) is 1.81. The first-order valence-corrected chi connectivity index (χ1v) is 3.05. The van der Waals surface area contributed by atoms with Crippen molar-refractivity contribution in [3.8, 4) is 6.07 Å². The van der Waals surface area contributed by atoms with E-state index in [2.05, 4.69) is 11.3 Å². The fraction of sp³-hybridized carbons (Fsp3) is 0.429. The van der Waals surface area contributed by atoms with Crippen LogP contribution in [0.25, 0.3) is 0 Å². The highest BCUT2D eigenvalue weighted by atomic mass is 16.5. The van der Waals surface area contributed by atoms with Crippen molar-refractivity contribution in [1.82, 2.24) is 0 Å². The Morgan fingerprint density at radius 1 is 1.73 bits per heavy atom. The van der Waals surface area contributed by atoms with Gasteiger partial charge in [0.25, 0.3) is 0 Å². The van der Waals surface area contributed by atoms with Crippen LogP contribution >= 0.6 is 0 Å². The maximum Gasteiger partial charge on any atom is 0.335 e. The summed E-state index contributed by atoms with van der Waals surface area (Å²) in [5, 5.41) is 16.5. The van der Waals surface area contributed by atoms with Crippen LogP contribution in [0.5, 0.6) is 0 Å². The summed E-state index contributed by atoms with van der Waals surface area (Å²) in [7, 11) is 0. The molecule has 0 aliphatic heterocycles. The number of hydrogen-bond acceptors (Lipinski definition) is 4. The predicted molar refractivity (Wildman–Crippen MR) is 37.4 cm³/mol. The Morgan fingerprint density at radius 3 is 2.82 bits per heavy atom. The van der Waals surface area contributed by atoms with Gasteiger partial charge in [-0.05, 0) is 0 Å². The lowest BCUT2D eigenvalue weighted by atomic mass is 10.3. The van der Waals surface area contributed by atoms with Crippen LogP contribution < -0.4 is 0 Å². The van der Waals surface area contributed by atoms with E-state index in [4.69, 9.17) is 10.4 Å². The van der Waals surface area contributed by atoms with E-state index in [1.165, 1.54) is 0 Å². The van der Waals surface area contributed by atoms with Crippen LogP contribution in [0, 0.1) is 11.3 Å². The third-order valence-electron chi connectivity index (χ3n) is 0.927. The molecule has 11 heavy (non-hydrogen) atoms. The minimum absolute atomic E-state index is 0.00272. The van der Waals surface area contributed by atoms with Crippen molar-refractivity contribution < 1.29 is 14.6 Å². The quantitative estimate of drug-likeness (QED) is 0.352. The van der Waals surface area contributed by atoms with Crippen LogP contribution in [0.15, 0.2) is 12.2 Å². The summed E-state index contributed by atoms with van der Waals surface area (Å²) in [5.74, 6) is -0.650. The average molecular weight is 155 g/mol. The molecule has 0 rings (SSSR count). The van der Waals surface area contributed by atoms with E-state index in [1.807, 2.05) is 6.07 Å². The Labute approximate surface area is 64.7 Å². The molecule has 0 saturated carbocycles. The van der Waals surface area contributed by atoms with Gasteiger partial charge in [-0.25, -0.2) is 4.79 Å². The molecule has 4 nitrogen and oxygen atoms in total. The number of aliphatic hydroxyl groups is 1. The molecule has 0 aliphatic carbocycles. The second-order valence-electron chi connectivity index (χ2n) is 1.81. The van der Waals surface area contributed by atoms with Crippen LogP contribution in [0.2, 0.25) is 0 Å². The predicted octanol–water partition coefficient (Wildman–Crippen LogP) is -0.00822. The van der Waals surface area contributed by atoms with Crippen LogP contribution in [0.4, 0.5) is 0 Å². The van der Waals surface area contributed by atoms with E-state index in [0.29, 0.717) is 0 Å². The highest BCUT2D eigenvalue weighted by Crippen LogP contribution is 1.93. The zero-order valence-corrected chi connectivity index (χ0v) is 6.04. The lowest BCUT2D eigenvalue weighted by molar-refractivity contribution is -0.139. The van der Waals surface area contributed by atoms with Crippen molar-refractivity contribution in [2.45, 2.75) is 6.42 Å². The lowest BCUT2D eigenvalue weighted by Crippen LogP contribution is -2.10. The molecule has 4 heteroatoms. The van der Waals surface area contributed by atoms with Gasteiger partial charge in [-0.15, -0.1) is 0 Å². The number of nitriles is 1. The number of hydrogen-bond donors (Lipinski definition) is 1. The Hall–Kier alpha value is -1.34. The fourth-order valence-electron chi connectivity index (χ4n) is 0.356. The van der Waals surface area contributed by atoms with Crippen LogP contribution in [0.1, 0.15) is 6.42 Å². The van der Waals surface area contributed by atoms with Gasteiger partial charge in [0.15, 0.2) is 0 Å². The third-order valence-corrected chi connectivity index (χ3v) is 0.927. The van der Waals surface area contributed by atoms with Crippen molar-refractivity contribution in [3.05, 3.63) is 12.2 Å². The van der Waals surface area contributed by atoms with E-state index in [1.54, 1.807) is 0 Å². The van der Waals surface area contributed by atoms with Gasteiger partial charge in [-0.2, -0.15) is 5.26 Å². The number of carbonyl (C=O) groups excluding carboxylic acids is 1. The molecule has 0 saturated heterocycles. The normalized spacial score (nSPS) is 8.36. The number of carbonyl (C=O) groups is 1. The standard InChI is InChI=1S/C7H9NO3/c1-6(5-9)7(10)11-4-2-3-8/h9H,1-2,4-5H2. The van der Waals surface area contributed by atoms with Crippen molar-refractivity contribution in [2.24, 2.45) is 0 Å². The fourth-order valence-corrected chi connectivity index (χ4v) is 0.356. The van der Waals surface area contributed by atoms with E-state index in [0.717, 1.165) is 0 Å².